The Morgan fingerprint density at radius 1 is 1.15 bits per heavy atom. The molecule has 0 fully saturated rings. The Balaban J connectivity index is 2.51. The van der Waals surface area contributed by atoms with E-state index in [-0.39, 0.29) is 12.2 Å². The number of aromatic hydroxyl groups is 1. The second-order valence-corrected chi connectivity index (χ2v) is 10.8. The Hall–Kier alpha value is -3.91. The minimum Gasteiger partial charge on any atom is -0.508 e. The monoisotopic (exact) mass is 556 g/mol. The van der Waals surface area contributed by atoms with Gasteiger partial charge in [0.05, 0.1) is 13.2 Å². The number of nitrogens with zero attached hydrogens (tertiary/aromatic N) is 2. The summed E-state index contributed by atoms with van der Waals surface area (Å²) in [5.41, 5.74) is 0.552. The van der Waals surface area contributed by atoms with Crippen LogP contribution in [0.1, 0.15) is 44.4 Å². The molecule has 39 heavy (non-hydrogen) atoms. The molecule has 0 spiro atoms. The van der Waals surface area contributed by atoms with Crippen molar-refractivity contribution in [2.75, 3.05) is 31.0 Å². The fourth-order valence-electron chi connectivity index (χ4n) is 3.72. The van der Waals surface area contributed by atoms with E-state index >= 15 is 0 Å². The highest BCUT2D eigenvalue weighted by Crippen LogP contribution is 2.28. The molecule has 0 bridgehead atoms. The number of alkyl carbamates (subject to hydrolysis) is 1. The third-order valence-electron chi connectivity index (χ3n) is 5.58. The topological polar surface area (TPSA) is 141 Å². The molecule has 2 aromatic rings. The molecular formula is C28H36N4O6S. The van der Waals surface area contributed by atoms with Gasteiger partial charge >= 0.3 is 6.09 Å². The summed E-state index contributed by atoms with van der Waals surface area (Å²) in [7, 11) is 1.53. The van der Waals surface area contributed by atoms with E-state index in [2.05, 4.69) is 10.6 Å². The van der Waals surface area contributed by atoms with Gasteiger partial charge in [-0.05, 0) is 93.6 Å². The van der Waals surface area contributed by atoms with Crippen LogP contribution >= 0.6 is 11.8 Å². The number of phenols is 1. The lowest BCUT2D eigenvalue weighted by Crippen LogP contribution is -2.52. The molecule has 0 radical (unpaired) electrons. The number of rotatable bonds is 11. The van der Waals surface area contributed by atoms with Gasteiger partial charge in [0.15, 0.2) is 0 Å². The molecule has 0 saturated heterocycles. The summed E-state index contributed by atoms with van der Waals surface area (Å²) in [6.45, 7) is 6.37. The van der Waals surface area contributed by atoms with Crippen LogP contribution < -0.4 is 15.4 Å². The van der Waals surface area contributed by atoms with Crippen LogP contribution in [0, 0.1) is 18.3 Å². The first-order valence-electron chi connectivity index (χ1n) is 12.3. The Morgan fingerprint density at radius 2 is 1.82 bits per heavy atom. The lowest BCUT2D eigenvalue weighted by Gasteiger charge is -2.33. The summed E-state index contributed by atoms with van der Waals surface area (Å²) in [5, 5.41) is 25.1. The molecule has 3 amide bonds. The van der Waals surface area contributed by atoms with Crippen LogP contribution in [-0.2, 0) is 14.3 Å². The van der Waals surface area contributed by atoms with E-state index in [9.17, 15) is 24.8 Å². The van der Waals surface area contributed by atoms with Gasteiger partial charge in [0.1, 0.15) is 35.7 Å². The second kappa shape index (κ2) is 14.3. The van der Waals surface area contributed by atoms with Crippen molar-refractivity contribution in [2.24, 2.45) is 0 Å². The Bertz CT molecular complexity index is 1190. The van der Waals surface area contributed by atoms with Crippen LogP contribution in [0.25, 0.3) is 0 Å². The molecule has 210 valence electrons. The number of amides is 3. The van der Waals surface area contributed by atoms with Crippen LogP contribution in [0.4, 0.5) is 10.5 Å². The van der Waals surface area contributed by atoms with Crippen LogP contribution in [0.5, 0.6) is 11.5 Å². The minimum absolute atomic E-state index is 0.0238. The number of hydrogen-bond donors (Lipinski definition) is 3. The number of nitrogens with one attached hydrogen (secondary N) is 2. The Labute approximate surface area is 233 Å². The zero-order chi connectivity index (χ0) is 29.2. The quantitative estimate of drug-likeness (QED) is 0.346. The molecule has 0 aromatic heterocycles. The van der Waals surface area contributed by atoms with Crippen molar-refractivity contribution >= 4 is 35.4 Å². The maximum Gasteiger partial charge on any atom is 0.408 e. The first-order chi connectivity index (χ1) is 18.4. The second-order valence-electron chi connectivity index (χ2n) is 9.77. The Kier molecular flexibility index (Phi) is 11.5. The number of methoxy groups -OCH3 is 1. The number of ether oxygens (including phenoxy) is 2. The maximum atomic E-state index is 13.9. The molecule has 0 aliphatic carbocycles. The third-order valence-corrected chi connectivity index (χ3v) is 6.22. The van der Waals surface area contributed by atoms with Crippen LogP contribution in [0.2, 0.25) is 0 Å². The van der Waals surface area contributed by atoms with E-state index in [1.165, 1.54) is 31.0 Å². The van der Waals surface area contributed by atoms with Gasteiger partial charge in [-0.1, -0.05) is 6.07 Å². The molecule has 2 aromatic carbocycles. The van der Waals surface area contributed by atoms with E-state index in [1.54, 1.807) is 58.0 Å². The molecule has 0 aliphatic heterocycles. The van der Waals surface area contributed by atoms with Crippen molar-refractivity contribution in [1.29, 1.82) is 5.26 Å². The van der Waals surface area contributed by atoms with Gasteiger partial charge < -0.3 is 30.1 Å². The number of hydrogen-bond acceptors (Lipinski definition) is 8. The predicted octanol–water partition coefficient (Wildman–Crippen LogP) is 4.39. The Morgan fingerprint density at radius 3 is 2.36 bits per heavy atom. The van der Waals surface area contributed by atoms with Crippen LogP contribution in [0.15, 0.2) is 42.5 Å². The molecule has 0 heterocycles. The number of thioether (sulfide) groups is 1. The zero-order valence-corrected chi connectivity index (χ0v) is 23.9. The number of benzene rings is 2. The molecule has 0 aliphatic rings. The summed E-state index contributed by atoms with van der Waals surface area (Å²) < 4.78 is 10.5. The fraction of sp³-hybridized carbons (Fsp3) is 0.429. The lowest BCUT2D eigenvalue weighted by atomic mass is 10.00. The summed E-state index contributed by atoms with van der Waals surface area (Å²) in [6.07, 6.45) is 1.34. The standard InChI is InChI=1S/C28H36N4O6S/c1-18-17-19(7-12-23(18)33)24(25(34)30-20-8-10-21(37-5)11-9-20)32(15-14-29)26(35)22(13-16-39-6)31-27(36)38-28(2,3)4/h7-12,17,22,24,33H,13,15-16H2,1-6H3,(H,30,34)(H,31,36). The first kappa shape index (κ1) is 31.3. The fourth-order valence-corrected chi connectivity index (χ4v) is 4.19. The summed E-state index contributed by atoms with van der Waals surface area (Å²) in [5.74, 6) is -0.0273. The molecule has 2 unspecified atom stereocenters. The summed E-state index contributed by atoms with van der Waals surface area (Å²) in [6, 6.07) is 10.9. The minimum atomic E-state index is -1.24. The zero-order valence-electron chi connectivity index (χ0n) is 23.1. The molecule has 10 nitrogen and oxygen atoms in total. The molecule has 0 saturated carbocycles. The largest absolute Gasteiger partial charge is 0.508 e. The average Bonchev–Trinajstić information content (AvgIpc) is 2.87. The number of carbonyl (C=O) groups excluding carboxylic acids is 3. The lowest BCUT2D eigenvalue weighted by molar-refractivity contribution is -0.140. The summed E-state index contributed by atoms with van der Waals surface area (Å²) >= 11 is 1.49. The molecule has 2 atom stereocenters. The predicted molar refractivity (Wildman–Crippen MR) is 151 cm³/mol. The number of nitriles is 1. The third kappa shape index (κ3) is 9.41. The van der Waals surface area contributed by atoms with Gasteiger partial charge in [-0.15, -0.1) is 0 Å². The molecule has 3 N–H and O–H groups in total. The average molecular weight is 557 g/mol. The van der Waals surface area contributed by atoms with Gasteiger partial charge in [0, 0.05) is 5.69 Å². The van der Waals surface area contributed by atoms with Gasteiger partial charge in [-0.3, -0.25) is 9.59 Å². The highest BCUT2D eigenvalue weighted by molar-refractivity contribution is 7.98. The van der Waals surface area contributed by atoms with E-state index in [4.69, 9.17) is 9.47 Å². The van der Waals surface area contributed by atoms with Gasteiger partial charge in [0.2, 0.25) is 5.91 Å². The first-order valence-corrected chi connectivity index (χ1v) is 13.7. The highest BCUT2D eigenvalue weighted by atomic mass is 32.2. The van der Waals surface area contributed by atoms with Crippen molar-refractivity contribution in [3.63, 3.8) is 0 Å². The number of aryl methyl sites for hydroxylation is 1. The van der Waals surface area contributed by atoms with Crippen molar-refractivity contribution < 1.29 is 29.0 Å². The highest BCUT2D eigenvalue weighted by Gasteiger charge is 2.36. The van der Waals surface area contributed by atoms with Crippen LogP contribution in [-0.4, -0.2) is 65.2 Å². The van der Waals surface area contributed by atoms with E-state index < -0.39 is 42.1 Å². The smallest absolute Gasteiger partial charge is 0.408 e. The molecular weight excluding hydrogens is 520 g/mol. The van der Waals surface area contributed by atoms with Crippen molar-refractivity contribution in [3.05, 3.63) is 53.6 Å². The van der Waals surface area contributed by atoms with Gasteiger partial charge in [-0.2, -0.15) is 17.0 Å². The van der Waals surface area contributed by atoms with Crippen molar-refractivity contribution in [1.82, 2.24) is 10.2 Å². The number of anilines is 1. The van der Waals surface area contributed by atoms with Gasteiger partial charge in [-0.25, -0.2) is 4.79 Å². The number of phenolic OH excluding ortho intramolecular Hbond substituents is 1. The van der Waals surface area contributed by atoms with Crippen molar-refractivity contribution in [2.45, 2.75) is 51.8 Å². The van der Waals surface area contributed by atoms with Gasteiger partial charge in [0.25, 0.3) is 5.91 Å². The van der Waals surface area contributed by atoms with E-state index in [0.29, 0.717) is 28.3 Å². The molecule has 11 heteroatoms. The normalized spacial score (nSPS) is 12.4. The number of carbonyl (C=O) groups is 3. The maximum absolute atomic E-state index is 13.9. The molecule has 2 rings (SSSR count). The SMILES string of the molecule is COc1ccc(NC(=O)C(c2ccc(O)c(C)c2)N(CC#N)C(=O)C(CCSC)NC(=O)OC(C)(C)C)cc1. The van der Waals surface area contributed by atoms with Crippen molar-refractivity contribution in [3.8, 4) is 17.6 Å². The van der Waals surface area contributed by atoms with E-state index in [1.807, 2.05) is 12.3 Å². The van der Waals surface area contributed by atoms with E-state index in [0.717, 1.165) is 4.90 Å². The van der Waals surface area contributed by atoms with Crippen LogP contribution in [0.3, 0.4) is 0 Å². The summed E-state index contributed by atoms with van der Waals surface area (Å²) in [4.78, 5) is 41.3.